The van der Waals surface area contributed by atoms with Crippen LogP contribution in [0.3, 0.4) is 0 Å². The van der Waals surface area contributed by atoms with E-state index in [2.05, 4.69) is 22.3 Å². The second kappa shape index (κ2) is 8.41. The van der Waals surface area contributed by atoms with Crippen LogP contribution in [0.4, 0.5) is 0 Å². The van der Waals surface area contributed by atoms with E-state index in [1.807, 2.05) is 20.2 Å². The summed E-state index contributed by atoms with van der Waals surface area (Å²) in [4.78, 5) is 14.9. The summed E-state index contributed by atoms with van der Waals surface area (Å²) in [7, 11) is 4.02. The molecule has 150 valence electrons. The monoisotopic (exact) mass is 402 g/mol. The minimum absolute atomic E-state index is 0.0566. The Hall–Kier alpha value is -2.24. The molecule has 0 aromatic heterocycles. The van der Waals surface area contributed by atoms with Crippen LogP contribution in [0.1, 0.15) is 31.0 Å². The van der Waals surface area contributed by atoms with E-state index in [1.165, 1.54) is 5.56 Å². The summed E-state index contributed by atoms with van der Waals surface area (Å²) in [6, 6.07) is 13.3. The average Bonchev–Trinajstić information content (AvgIpc) is 3.11. The number of carbonyl (C=O) groups excluding carboxylic acids is 1. The summed E-state index contributed by atoms with van der Waals surface area (Å²) >= 11 is 5.91. The van der Waals surface area contributed by atoms with Crippen molar-refractivity contribution >= 4 is 17.5 Å². The van der Waals surface area contributed by atoms with E-state index in [0.717, 1.165) is 24.3 Å². The van der Waals surface area contributed by atoms with Gasteiger partial charge in [0.05, 0.1) is 12.6 Å². The lowest BCUT2D eigenvalue weighted by Gasteiger charge is -2.29. The Morgan fingerprint density at radius 1 is 1.25 bits per heavy atom. The highest BCUT2D eigenvalue weighted by Crippen LogP contribution is 2.29. The molecule has 1 atom stereocenters. The van der Waals surface area contributed by atoms with Crippen LogP contribution in [0.2, 0.25) is 5.02 Å². The van der Waals surface area contributed by atoms with Gasteiger partial charge in [-0.25, -0.2) is 0 Å². The van der Waals surface area contributed by atoms with E-state index in [0.29, 0.717) is 17.3 Å². The van der Waals surface area contributed by atoms with E-state index in [9.17, 15) is 4.79 Å². The van der Waals surface area contributed by atoms with Gasteiger partial charge in [-0.2, -0.15) is 0 Å². The minimum Gasteiger partial charge on any atom is -0.493 e. The zero-order valence-corrected chi connectivity index (χ0v) is 17.5. The van der Waals surface area contributed by atoms with Crippen molar-refractivity contribution in [1.29, 1.82) is 0 Å². The average molecular weight is 403 g/mol. The molecule has 1 unspecified atom stereocenters. The lowest BCUT2D eigenvalue weighted by Crippen LogP contribution is -2.48. The molecule has 0 spiro atoms. The van der Waals surface area contributed by atoms with Crippen molar-refractivity contribution in [2.45, 2.75) is 31.9 Å². The van der Waals surface area contributed by atoms with Gasteiger partial charge in [0.2, 0.25) is 0 Å². The first kappa shape index (κ1) is 20.5. The molecular weight excluding hydrogens is 376 g/mol. The molecule has 1 N–H and O–H groups in total. The van der Waals surface area contributed by atoms with Gasteiger partial charge in [0.1, 0.15) is 11.5 Å². The Bertz CT molecular complexity index is 834. The number of nitrogens with zero attached hydrogens (tertiary/aromatic N) is 1. The molecule has 6 heteroatoms. The maximum atomic E-state index is 12.8. The SMILES string of the molecule is CN(C)C(CNC(=O)C(C)(C)Oc1ccc(Cl)cc1)c1ccc2c(c1)CCO2. The standard InChI is InChI=1S/C22H27ClN2O3/c1-22(2,28-18-8-6-17(23)7-9-18)21(26)24-14-19(25(3)4)15-5-10-20-16(13-15)11-12-27-20/h5-10,13,19H,11-12,14H2,1-4H3,(H,24,26). The highest BCUT2D eigenvalue weighted by Gasteiger charge is 2.31. The van der Waals surface area contributed by atoms with Gasteiger partial charge in [-0.05, 0) is 69.4 Å². The van der Waals surface area contributed by atoms with Crippen LogP contribution in [0, 0.1) is 0 Å². The van der Waals surface area contributed by atoms with Gasteiger partial charge < -0.3 is 19.7 Å². The van der Waals surface area contributed by atoms with Crippen LogP contribution < -0.4 is 14.8 Å². The molecule has 28 heavy (non-hydrogen) atoms. The summed E-state index contributed by atoms with van der Waals surface area (Å²) in [6.45, 7) is 4.74. The van der Waals surface area contributed by atoms with Gasteiger partial charge in [0.25, 0.3) is 5.91 Å². The highest BCUT2D eigenvalue weighted by atomic mass is 35.5. The van der Waals surface area contributed by atoms with E-state index in [4.69, 9.17) is 21.1 Å². The summed E-state index contributed by atoms with van der Waals surface area (Å²) in [5.41, 5.74) is 1.38. The fourth-order valence-corrected chi connectivity index (χ4v) is 3.38. The van der Waals surface area contributed by atoms with Gasteiger partial charge in [-0.1, -0.05) is 23.7 Å². The quantitative estimate of drug-likeness (QED) is 0.764. The van der Waals surface area contributed by atoms with Crippen molar-refractivity contribution in [3.05, 3.63) is 58.6 Å². The number of halogens is 1. The molecule has 2 aromatic rings. The highest BCUT2D eigenvalue weighted by molar-refractivity contribution is 6.30. The zero-order chi connectivity index (χ0) is 20.3. The first-order chi connectivity index (χ1) is 13.3. The van der Waals surface area contributed by atoms with Crippen LogP contribution in [0.5, 0.6) is 11.5 Å². The van der Waals surface area contributed by atoms with E-state index < -0.39 is 5.60 Å². The van der Waals surface area contributed by atoms with Crippen LogP contribution in [0.15, 0.2) is 42.5 Å². The summed E-state index contributed by atoms with van der Waals surface area (Å²) in [5, 5.41) is 3.67. The normalized spacial score (nSPS) is 14.4. The maximum absolute atomic E-state index is 12.8. The Kier molecular flexibility index (Phi) is 6.16. The number of benzene rings is 2. The number of nitrogens with one attached hydrogen (secondary N) is 1. The molecule has 0 bridgehead atoms. The largest absolute Gasteiger partial charge is 0.493 e. The molecule has 1 amide bonds. The van der Waals surface area contributed by atoms with Gasteiger partial charge in [-0.3, -0.25) is 4.79 Å². The van der Waals surface area contributed by atoms with E-state index >= 15 is 0 Å². The van der Waals surface area contributed by atoms with Crippen molar-refractivity contribution in [1.82, 2.24) is 10.2 Å². The Morgan fingerprint density at radius 2 is 1.96 bits per heavy atom. The molecule has 1 heterocycles. The smallest absolute Gasteiger partial charge is 0.263 e. The second-order valence-electron chi connectivity index (χ2n) is 7.72. The van der Waals surface area contributed by atoms with Crippen molar-refractivity contribution in [3.8, 4) is 11.5 Å². The number of amides is 1. The number of likely N-dealkylation sites (N-methyl/N-ethyl adjacent to an activating group) is 1. The molecule has 5 nitrogen and oxygen atoms in total. The molecule has 0 radical (unpaired) electrons. The molecule has 0 saturated heterocycles. The Balaban J connectivity index is 1.65. The Labute approximate surface area is 171 Å². The molecule has 1 aliphatic rings. The zero-order valence-electron chi connectivity index (χ0n) is 16.8. The summed E-state index contributed by atoms with van der Waals surface area (Å²) in [5.74, 6) is 1.40. The van der Waals surface area contributed by atoms with Crippen LogP contribution >= 0.6 is 11.6 Å². The molecule has 1 aliphatic heterocycles. The van der Waals surface area contributed by atoms with Gasteiger partial charge in [-0.15, -0.1) is 0 Å². The minimum atomic E-state index is -1.00. The van der Waals surface area contributed by atoms with Crippen molar-refractivity contribution in [3.63, 3.8) is 0 Å². The molecule has 3 rings (SSSR count). The predicted octanol–water partition coefficient (Wildman–Crippen LogP) is 3.85. The predicted molar refractivity (Wildman–Crippen MR) is 111 cm³/mol. The molecule has 0 fully saturated rings. The van der Waals surface area contributed by atoms with Crippen LogP contribution in [0.25, 0.3) is 0 Å². The van der Waals surface area contributed by atoms with Gasteiger partial charge in [0, 0.05) is 18.0 Å². The third kappa shape index (κ3) is 4.78. The third-order valence-corrected chi connectivity index (χ3v) is 5.16. The fraction of sp³-hybridized carbons (Fsp3) is 0.409. The van der Waals surface area contributed by atoms with Gasteiger partial charge in [0.15, 0.2) is 5.60 Å². The number of hydrogen-bond donors (Lipinski definition) is 1. The third-order valence-electron chi connectivity index (χ3n) is 4.91. The van der Waals surface area contributed by atoms with Crippen LogP contribution in [-0.2, 0) is 11.2 Å². The first-order valence-electron chi connectivity index (χ1n) is 9.41. The number of fused-ring (bicyclic) bond motifs is 1. The lowest BCUT2D eigenvalue weighted by atomic mass is 10.0. The number of rotatable bonds is 7. The number of carbonyl (C=O) groups is 1. The van der Waals surface area contributed by atoms with Crippen molar-refractivity contribution < 1.29 is 14.3 Å². The fourth-order valence-electron chi connectivity index (χ4n) is 3.26. The topological polar surface area (TPSA) is 50.8 Å². The van der Waals surface area contributed by atoms with Crippen molar-refractivity contribution in [2.75, 3.05) is 27.2 Å². The number of ether oxygens (including phenoxy) is 2. The van der Waals surface area contributed by atoms with E-state index in [-0.39, 0.29) is 11.9 Å². The first-order valence-corrected chi connectivity index (χ1v) is 9.79. The second-order valence-corrected chi connectivity index (χ2v) is 8.16. The molecular formula is C22H27ClN2O3. The molecule has 2 aromatic carbocycles. The number of hydrogen-bond acceptors (Lipinski definition) is 4. The summed E-state index contributed by atoms with van der Waals surface area (Å²) in [6.07, 6.45) is 0.928. The lowest BCUT2D eigenvalue weighted by molar-refractivity contribution is -0.134. The summed E-state index contributed by atoms with van der Waals surface area (Å²) < 4.78 is 11.5. The van der Waals surface area contributed by atoms with E-state index in [1.54, 1.807) is 38.1 Å². The molecule has 0 aliphatic carbocycles. The Morgan fingerprint density at radius 3 is 2.64 bits per heavy atom. The van der Waals surface area contributed by atoms with Crippen molar-refractivity contribution in [2.24, 2.45) is 0 Å². The molecule has 0 saturated carbocycles. The maximum Gasteiger partial charge on any atom is 0.263 e. The van der Waals surface area contributed by atoms with Gasteiger partial charge >= 0.3 is 0 Å². The van der Waals surface area contributed by atoms with Crippen LogP contribution in [-0.4, -0.2) is 43.7 Å².